The Hall–Kier alpha value is -3.30. The fraction of sp³-hybridized carbons (Fsp3) is 0.381. The Morgan fingerprint density at radius 2 is 1.90 bits per heavy atom. The van der Waals surface area contributed by atoms with Crippen molar-refractivity contribution in [3.05, 3.63) is 53.5 Å². The summed E-state index contributed by atoms with van der Waals surface area (Å²) in [5.41, 5.74) is 0.0511. The van der Waals surface area contributed by atoms with Crippen LogP contribution >= 0.6 is 0 Å². The van der Waals surface area contributed by atoms with Crippen LogP contribution in [0.2, 0.25) is 0 Å². The highest BCUT2D eigenvalue weighted by molar-refractivity contribution is 5.78. The largest absolute Gasteiger partial charge is 0.497 e. The maximum Gasteiger partial charge on any atom is 0.433 e. The van der Waals surface area contributed by atoms with Crippen molar-refractivity contribution in [3.63, 3.8) is 0 Å². The van der Waals surface area contributed by atoms with Gasteiger partial charge >= 0.3 is 6.18 Å². The van der Waals surface area contributed by atoms with Crippen molar-refractivity contribution >= 4 is 11.6 Å². The molecule has 0 bridgehead atoms. The number of carbonyl (C=O) groups excluding carboxylic acids is 1. The Balaban J connectivity index is 1.43. The van der Waals surface area contributed by atoms with Crippen molar-refractivity contribution in [2.75, 3.05) is 26.8 Å². The molecule has 1 aliphatic rings. The number of halogens is 3. The molecule has 3 heterocycles. The zero-order valence-electron chi connectivity index (χ0n) is 17.0. The number of aromatic nitrogens is 3. The first-order chi connectivity index (χ1) is 14.7. The normalized spacial score (nSPS) is 16.7. The standard InChI is InChI=1S/C21H21F3N4O3/c1-13-9-18(21(22,23)24)28-19(25-13)10-17(26-28)14-7-8-27(11-14)20(29)12-31-16-5-3-15(30-2)4-6-16/h3-6,9-10,14H,7-8,11-12H2,1-2H3/t14-/m1/s1. The van der Waals surface area contributed by atoms with Crippen molar-refractivity contribution < 1.29 is 27.4 Å². The third-order valence-corrected chi connectivity index (χ3v) is 5.25. The van der Waals surface area contributed by atoms with Gasteiger partial charge in [0.2, 0.25) is 0 Å². The highest BCUT2D eigenvalue weighted by Gasteiger charge is 2.36. The number of nitrogens with zero attached hydrogens (tertiary/aromatic N) is 4. The summed E-state index contributed by atoms with van der Waals surface area (Å²) in [5, 5.41) is 4.16. The monoisotopic (exact) mass is 434 g/mol. The number of amides is 1. The van der Waals surface area contributed by atoms with Gasteiger partial charge in [-0.2, -0.15) is 18.3 Å². The summed E-state index contributed by atoms with van der Waals surface area (Å²) in [6.45, 7) is 2.25. The van der Waals surface area contributed by atoms with Crippen molar-refractivity contribution in [1.82, 2.24) is 19.5 Å². The molecule has 164 valence electrons. The smallest absolute Gasteiger partial charge is 0.433 e. The molecule has 1 amide bonds. The van der Waals surface area contributed by atoms with Crippen LogP contribution in [0, 0.1) is 6.92 Å². The number of hydrogen-bond donors (Lipinski definition) is 0. The lowest BCUT2D eigenvalue weighted by Gasteiger charge is -2.16. The van der Waals surface area contributed by atoms with Gasteiger partial charge < -0.3 is 14.4 Å². The van der Waals surface area contributed by atoms with Gasteiger partial charge in [0.25, 0.3) is 5.91 Å². The molecule has 0 N–H and O–H groups in total. The Kier molecular flexibility index (Phi) is 5.47. The molecule has 31 heavy (non-hydrogen) atoms. The van der Waals surface area contributed by atoms with Crippen LogP contribution in [0.25, 0.3) is 5.65 Å². The molecule has 7 nitrogen and oxygen atoms in total. The van der Waals surface area contributed by atoms with E-state index in [0.29, 0.717) is 36.7 Å². The molecule has 10 heteroatoms. The Labute approximate surface area is 176 Å². The summed E-state index contributed by atoms with van der Waals surface area (Å²) in [4.78, 5) is 18.3. The van der Waals surface area contributed by atoms with Gasteiger partial charge in [0.15, 0.2) is 12.3 Å². The molecule has 4 rings (SSSR count). The first-order valence-electron chi connectivity index (χ1n) is 9.74. The lowest BCUT2D eigenvalue weighted by atomic mass is 10.1. The molecule has 1 aromatic carbocycles. The molecule has 1 atom stereocenters. The van der Waals surface area contributed by atoms with Crippen LogP contribution < -0.4 is 9.47 Å². The number of benzene rings is 1. The lowest BCUT2D eigenvalue weighted by Crippen LogP contribution is -2.32. The molecule has 0 radical (unpaired) electrons. The number of methoxy groups -OCH3 is 1. The predicted octanol–water partition coefficient (Wildman–Crippen LogP) is 3.46. The van der Waals surface area contributed by atoms with E-state index in [2.05, 4.69) is 10.1 Å². The van der Waals surface area contributed by atoms with E-state index in [-0.39, 0.29) is 29.8 Å². The molecule has 0 aliphatic carbocycles. The Morgan fingerprint density at radius 1 is 1.19 bits per heavy atom. The van der Waals surface area contributed by atoms with E-state index < -0.39 is 11.9 Å². The van der Waals surface area contributed by atoms with Gasteiger partial charge in [-0.3, -0.25) is 4.79 Å². The third-order valence-electron chi connectivity index (χ3n) is 5.25. The first-order valence-corrected chi connectivity index (χ1v) is 9.74. The van der Waals surface area contributed by atoms with Gasteiger partial charge in [0.05, 0.1) is 12.8 Å². The van der Waals surface area contributed by atoms with E-state index in [1.54, 1.807) is 42.3 Å². The average Bonchev–Trinajstić information content (AvgIpc) is 3.38. The topological polar surface area (TPSA) is 69.0 Å². The molecule has 1 aliphatic heterocycles. The highest BCUT2D eigenvalue weighted by atomic mass is 19.4. The number of alkyl halides is 3. The van der Waals surface area contributed by atoms with Crippen molar-refractivity contribution in [3.8, 4) is 11.5 Å². The van der Waals surface area contributed by atoms with Crippen LogP contribution in [0.3, 0.4) is 0 Å². The zero-order valence-corrected chi connectivity index (χ0v) is 17.0. The Bertz CT molecular complexity index is 1100. The van der Waals surface area contributed by atoms with Crippen LogP contribution in [-0.4, -0.2) is 52.2 Å². The maximum absolute atomic E-state index is 13.4. The zero-order chi connectivity index (χ0) is 22.2. The number of likely N-dealkylation sites (tertiary alicyclic amines) is 1. The van der Waals surface area contributed by atoms with Crippen LogP contribution in [0.5, 0.6) is 11.5 Å². The van der Waals surface area contributed by atoms with Gasteiger partial charge in [-0.25, -0.2) is 9.50 Å². The summed E-state index contributed by atoms with van der Waals surface area (Å²) in [6, 6.07) is 9.44. The number of aryl methyl sites for hydroxylation is 1. The van der Waals surface area contributed by atoms with Gasteiger partial charge in [0, 0.05) is 30.8 Å². The van der Waals surface area contributed by atoms with E-state index >= 15 is 0 Å². The summed E-state index contributed by atoms with van der Waals surface area (Å²) < 4.78 is 51.5. The average molecular weight is 434 g/mol. The number of hydrogen-bond acceptors (Lipinski definition) is 5. The summed E-state index contributed by atoms with van der Waals surface area (Å²) in [7, 11) is 1.56. The second-order valence-electron chi connectivity index (χ2n) is 7.41. The predicted molar refractivity (Wildman–Crippen MR) is 105 cm³/mol. The summed E-state index contributed by atoms with van der Waals surface area (Å²) >= 11 is 0. The minimum absolute atomic E-state index is 0.122. The van der Waals surface area contributed by atoms with E-state index in [1.165, 1.54) is 6.92 Å². The molecule has 2 aromatic heterocycles. The van der Waals surface area contributed by atoms with Crippen LogP contribution in [0.4, 0.5) is 13.2 Å². The van der Waals surface area contributed by atoms with Gasteiger partial charge in [0.1, 0.15) is 17.2 Å². The van der Waals surface area contributed by atoms with E-state index in [9.17, 15) is 18.0 Å². The number of rotatable bonds is 5. The second kappa shape index (κ2) is 8.09. The highest BCUT2D eigenvalue weighted by Crippen LogP contribution is 2.32. The van der Waals surface area contributed by atoms with Gasteiger partial charge in [-0.1, -0.05) is 0 Å². The van der Waals surface area contributed by atoms with Crippen LogP contribution in [-0.2, 0) is 11.0 Å². The fourth-order valence-electron chi connectivity index (χ4n) is 3.66. The minimum atomic E-state index is -4.54. The summed E-state index contributed by atoms with van der Waals surface area (Å²) in [5.74, 6) is 0.887. The molecule has 1 saturated heterocycles. The van der Waals surface area contributed by atoms with E-state index in [4.69, 9.17) is 9.47 Å². The van der Waals surface area contributed by atoms with Crippen molar-refractivity contribution in [2.24, 2.45) is 0 Å². The molecular weight excluding hydrogens is 413 g/mol. The molecule has 0 saturated carbocycles. The van der Waals surface area contributed by atoms with Gasteiger partial charge in [-0.15, -0.1) is 0 Å². The van der Waals surface area contributed by atoms with E-state index in [1.807, 2.05) is 0 Å². The molecule has 1 fully saturated rings. The fourth-order valence-corrected chi connectivity index (χ4v) is 3.66. The lowest BCUT2D eigenvalue weighted by molar-refractivity contribution is -0.142. The second-order valence-corrected chi connectivity index (χ2v) is 7.41. The molecule has 0 spiro atoms. The molecular formula is C21H21F3N4O3. The SMILES string of the molecule is COc1ccc(OCC(=O)N2CC[C@@H](c3cc4nc(C)cc(C(F)(F)F)n4n3)C2)cc1. The number of carbonyl (C=O) groups is 1. The third kappa shape index (κ3) is 4.42. The summed E-state index contributed by atoms with van der Waals surface area (Å²) in [6.07, 6.45) is -3.93. The van der Waals surface area contributed by atoms with Crippen LogP contribution in [0.15, 0.2) is 36.4 Å². The minimum Gasteiger partial charge on any atom is -0.497 e. The van der Waals surface area contributed by atoms with Crippen molar-refractivity contribution in [1.29, 1.82) is 0 Å². The van der Waals surface area contributed by atoms with Gasteiger partial charge in [-0.05, 0) is 43.7 Å². The van der Waals surface area contributed by atoms with Crippen LogP contribution in [0.1, 0.15) is 29.4 Å². The van der Waals surface area contributed by atoms with Crippen molar-refractivity contribution in [2.45, 2.75) is 25.4 Å². The number of ether oxygens (including phenoxy) is 2. The molecule has 3 aromatic rings. The quantitative estimate of drug-likeness (QED) is 0.615. The van der Waals surface area contributed by atoms with E-state index in [0.717, 1.165) is 10.6 Å². The maximum atomic E-state index is 13.4. The Morgan fingerprint density at radius 3 is 2.58 bits per heavy atom. The number of fused-ring (bicyclic) bond motifs is 1. The molecule has 0 unspecified atom stereocenters. The first kappa shape index (κ1) is 21.0.